The summed E-state index contributed by atoms with van der Waals surface area (Å²) in [6.45, 7) is 0. The third-order valence-electron chi connectivity index (χ3n) is 11.9. The highest BCUT2D eigenvalue weighted by molar-refractivity contribution is 7.27. The monoisotopic (exact) mass is 814 g/mol. The van der Waals surface area contributed by atoms with Gasteiger partial charge in [-0.15, -0.1) is 22.7 Å². The topological polar surface area (TPSA) is 57.4 Å². The Morgan fingerprint density at radius 2 is 0.983 bits per heavy atom. The summed E-state index contributed by atoms with van der Waals surface area (Å²) in [7, 11) is 0. The Morgan fingerprint density at radius 1 is 0.467 bits per heavy atom. The van der Waals surface area contributed by atoms with Crippen molar-refractivity contribution in [2.45, 2.75) is 6.18 Å². The zero-order chi connectivity index (χ0) is 40.4. The lowest BCUT2D eigenvalue weighted by molar-refractivity contribution is -0.137. The number of nitriles is 2. The molecule has 0 bridgehead atoms. The number of nitrogens with zero attached hydrogens (tertiary/aromatic N) is 4. The Bertz CT molecular complexity index is 3920. The van der Waals surface area contributed by atoms with E-state index in [2.05, 4.69) is 71.3 Å². The first-order valence-electron chi connectivity index (χ1n) is 19.2. The van der Waals surface area contributed by atoms with Crippen molar-refractivity contribution in [1.29, 1.82) is 10.5 Å². The van der Waals surface area contributed by atoms with E-state index in [4.69, 9.17) is 0 Å². The molecule has 0 unspecified atom stereocenters. The molecular weight excluding hydrogens is 790 g/mol. The Balaban J connectivity index is 1.33. The summed E-state index contributed by atoms with van der Waals surface area (Å²) in [6.07, 6.45) is -4.80. The van der Waals surface area contributed by atoms with Gasteiger partial charge in [0, 0.05) is 63.6 Å². The smallest absolute Gasteiger partial charge is 0.306 e. The fourth-order valence-electron chi connectivity index (χ4n) is 9.43. The molecule has 4 aromatic heterocycles. The van der Waals surface area contributed by atoms with Gasteiger partial charge in [-0.25, -0.2) is 0 Å². The summed E-state index contributed by atoms with van der Waals surface area (Å²) < 4.78 is 54.0. The minimum absolute atomic E-state index is 0.133. The molecule has 0 aliphatic heterocycles. The van der Waals surface area contributed by atoms with Crippen LogP contribution < -0.4 is 0 Å². The Morgan fingerprint density at radius 3 is 1.55 bits per heavy atom. The molecule has 9 heteroatoms. The zero-order valence-electron chi connectivity index (χ0n) is 31.2. The number of hydrogen-bond acceptors (Lipinski definition) is 4. The van der Waals surface area contributed by atoms with Crippen molar-refractivity contribution >= 4 is 107 Å². The quantitative estimate of drug-likeness (QED) is 0.178. The summed E-state index contributed by atoms with van der Waals surface area (Å²) in [4.78, 5) is 0. The van der Waals surface area contributed by atoms with Crippen LogP contribution in [-0.4, -0.2) is 9.13 Å². The highest BCUT2D eigenvalue weighted by atomic mass is 32.1. The number of aromatic nitrogens is 2. The minimum atomic E-state index is -4.80. The SMILES string of the molecule is N#Cc1cccc(C(F)(F)F)c1-c1ccc(-n2c3ccccc3c3ccc4c5ccccc5sc4c32)c(C#N)c1-n1c2ccccc2c2ccc3c4ccccc4sc3c21. The van der Waals surface area contributed by atoms with Gasteiger partial charge < -0.3 is 9.13 Å². The maximum Gasteiger partial charge on any atom is 0.417 e. The maximum atomic E-state index is 15.2. The number of alkyl halides is 3. The van der Waals surface area contributed by atoms with Crippen molar-refractivity contribution < 1.29 is 13.2 Å². The van der Waals surface area contributed by atoms with Crippen molar-refractivity contribution in [3.63, 3.8) is 0 Å². The van der Waals surface area contributed by atoms with Crippen LogP contribution in [0.2, 0.25) is 0 Å². The standard InChI is InChI=1S/C51H25F3N4S2/c52-51(53,54)39-15-9-10-28(26-55)45(39)37-24-25-42(57-40-16-5-1-11-29(40)33-20-22-35-31-13-3-7-18-43(31)59-49(35)47(33)57)38(27-56)46(37)58-41-17-6-2-12-30(41)34-21-23-36-32-14-4-8-19-44(32)60-50(36)48(34)58/h1-25H. The normalized spacial score (nSPS) is 12.2. The third kappa shape index (κ3) is 4.64. The molecule has 4 heterocycles. The average molecular weight is 815 g/mol. The number of benzene rings is 8. The lowest BCUT2D eigenvalue weighted by atomic mass is 9.90. The Labute approximate surface area is 347 Å². The molecule has 4 nitrogen and oxygen atoms in total. The van der Waals surface area contributed by atoms with Crippen LogP contribution in [0, 0.1) is 22.7 Å². The maximum absolute atomic E-state index is 15.2. The summed E-state index contributed by atoms with van der Waals surface area (Å²) in [5, 5.41) is 30.3. The molecule has 12 rings (SSSR count). The van der Waals surface area contributed by atoms with E-state index < -0.39 is 11.7 Å². The van der Waals surface area contributed by atoms with E-state index in [0.29, 0.717) is 5.69 Å². The summed E-state index contributed by atoms with van der Waals surface area (Å²) in [6, 6.07) is 52.5. The molecule has 0 amide bonds. The van der Waals surface area contributed by atoms with Crippen molar-refractivity contribution in [2.24, 2.45) is 0 Å². The van der Waals surface area contributed by atoms with Crippen molar-refractivity contribution in [2.75, 3.05) is 0 Å². The fourth-order valence-corrected chi connectivity index (χ4v) is 11.9. The molecule has 0 saturated heterocycles. The lowest BCUT2D eigenvalue weighted by Gasteiger charge is -2.22. The van der Waals surface area contributed by atoms with E-state index >= 15 is 13.2 Å². The number of fused-ring (bicyclic) bond motifs is 14. The average Bonchev–Trinajstić information content (AvgIpc) is 4.03. The van der Waals surface area contributed by atoms with Gasteiger partial charge in [0.1, 0.15) is 11.6 Å². The van der Waals surface area contributed by atoms with Crippen LogP contribution in [0.15, 0.2) is 152 Å². The van der Waals surface area contributed by atoms with Gasteiger partial charge in [-0.1, -0.05) is 109 Å². The van der Waals surface area contributed by atoms with Gasteiger partial charge in [-0.2, -0.15) is 23.7 Å². The van der Waals surface area contributed by atoms with Crippen molar-refractivity contribution in [3.05, 3.63) is 168 Å². The van der Waals surface area contributed by atoms with Gasteiger partial charge in [0.2, 0.25) is 0 Å². The van der Waals surface area contributed by atoms with E-state index in [1.165, 1.54) is 12.1 Å². The number of para-hydroxylation sites is 2. The molecule has 12 aromatic rings. The van der Waals surface area contributed by atoms with Crippen LogP contribution in [0.4, 0.5) is 13.2 Å². The molecule has 0 N–H and O–H groups in total. The second-order valence-corrected chi connectivity index (χ2v) is 17.0. The first kappa shape index (κ1) is 34.6. The van der Waals surface area contributed by atoms with Gasteiger partial charge in [0.25, 0.3) is 0 Å². The number of rotatable bonds is 3. The molecule has 60 heavy (non-hydrogen) atoms. The van der Waals surface area contributed by atoms with E-state index in [1.54, 1.807) is 34.8 Å². The first-order valence-corrected chi connectivity index (χ1v) is 20.8. The van der Waals surface area contributed by atoms with Crippen LogP contribution in [0.3, 0.4) is 0 Å². The van der Waals surface area contributed by atoms with Crippen molar-refractivity contribution in [3.8, 4) is 34.6 Å². The molecule has 0 aliphatic carbocycles. The van der Waals surface area contributed by atoms with Crippen LogP contribution in [-0.2, 0) is 6.18 Å². The van der Waals surface area contributed by atoms with Gasteiger partial charge in [-0.3, -0.25) is 0 Å². The fraction of sp³-hybridized carbons (Fsp3) is 0.0196. The Hall–Kier alpha value is -7.43. The molecule has 8 aromatic carbocycles. The van der Waals surface area contributed by atoms with Gasteiger partial charge >= 0.3 is 6.18 Å². The third-order valence-corrected chi connectivity index (χ3v) is 14.2. The molecule has 0 saturated carbocycles. The lowest BCUT2D eigenvalue weighted by Crippen LogP contribution is -2.11. The van der Waals surface area contributed by atoms with Crippen LogP contribution in [0.25, 0.3) is 106 Å². The largest absolute Gasteiger partial charge is 0.417 e. The van der Waals surface area contributed by atoms with Crippen LogP contribution in [0.1, 0.15) is 16.7 Å². The molecule has 0 spiro atoms. The number of thiophene rings is 2. The van der Waals surface area contributed by atoms with Crippen molar-refractivity contribution in [1.82, 2.24) is 9.13 Å². The van der Waals surface area contributed by atoms with Crippen LogP contribution >= 0.6 is 22.7 Å². The van der Waals surface area contributed by atoms with E-state index in [0.717, 1.165) is 90.0 Å². The molecule has 0 fully saturated rings. The predicted octanol–water partition coefficient (Wildman–Crippen LogP) is 15.0. The highest BCUT2D eigenvalue weighted by Gasteiger charge is 2.37. The van der Waals surface area contributed by atoms with Gasteiger partial charge in [-0.05, 0) is 42.5 Å². The minimum Gasteiger partial charge on any atom is -0.306 e. The van der Waals surface area contributed by atoms with Gasteiger partial charge in [0.15, 0.2) is 0 Å². The number of halogens is 3. The zero-order valence-corrected chi connectivity index (χ0v) is 32.8. The van der Waals surface area contributed by atoms with E-state index in [9.17, 15) is 10.5 Å². The summed E-state index contributed by atoms with van der Waals surface area (Å²) in [5.74, 6) is 0. The van der Waals surface area contributed by atoms with E-state index in [-0.39, 0.29) is 27.9 Å². The summed E-state index contributed by atoms with van der Waals surface area (Å²) in [5.41, 5.74) is 3.01. The second kappa shape index (κ2) is 12.5. The summed E-state index contributed by atoms with van der Waals surface area (Å²) >= 11 is 3.29. The highest BCUT2D eigenvalue weighted by Crippen LogP contribution is 2.49. The molecular formula is C51H25F3N4S2. The second-order valence-electron chi connectivity index (χ2n) is 14.9. The molecule has 0 atom stereocenters. The van der Waals surface area contributed by atoms with Crippen LogP contribution in [0.5, 0.6) is 0 Å². The molecule has 282 valence electrons. The first-order chi connectivity index (χ1) is 29.4. The molecule has 0 aliphatic rings. The van der Waals surface area contributed by atoms with E-state index in [1.807, 2.05) is 71.3 Å². The predicted molar refractivity (Wildman–Crippen MR) is 241 cm³/mol. The van der Waals surface area contributed by atoms with Gasteiger partial charge in [0.05, 0.1) is 60.0 Å². The molecule has 0 radical (unpaired) electrons. The Kier molecular flexibility index (Phi) is 7.23. The number of hydrogen-bond donors (Lipinski definition) is 0.